The number of aryl methyl sites for hydroxylation is 1. The lowest BCUT2D eigenvalue weighted by molar-refractivity contribution is 0.0829. The molecular weight excluding hydrogens is 421 g/mol. The minimum absolute atomic E-state index is 0.0335. The van der Waals surface area contributed by atoms with Crippen molar-refractivity contribution in [3.8, 4) is 0 Å². The van der Waals surface area contributed by atoms with E-state index in [9.17, 15) is 14.4 Å². The summed E-state index contributed by atoms with van der Waals surface area (Å²) in [7, 11) is 0. The molecule has 3 rings (SSSR count). The van der Waals surface area contributed by atoms with Crippen molar-refractivity contribution in [1.29, 1.82) is 0 Å². The highest BCUT2D eigenvalue weighted by Gasteiger charge is 2.28. The van der Waals surface area contributed by atoms with E-state index >= 15 is 0 Å². The fraction of sp³-hybridized carbons (Fsp3) is 0.222. The second-order valence-electron chi connectivity index (χ2n) is 6.27. The number of carbonyl (C=O) groups excluding carboxylic acids is 3. The minimum atomic E-state index is -0.785. The van der Waals surface area contributed by atoms with Crippen molar-refractivity contribution >= 4 is 46.8 Å². The van der Waals surface area contributed by atoms with Crippen molar-refractivity contribution in [3.05, 3.63) is 56.5 Å². The lowest BCUT2D eigenvalue weighted by Crippen LogP contribution is -2.41. The highest BCUT2D eigenvalue weighted by Crippen LogP contribution is 2.29. The van der Waals surface area contributed by atoms with Crippen LogP contribution in [-0.4, -0.2) is 23.6 Å². The van der Waals surface area contributed by atoms with E-state index in [2.05, 4.69) is 21.4 Å². The number of nitrogens with zero attached hydrogens (tertiary/aromatic N) is 1. The van der Waals surface area contributed by atoms with Crippen LogP contribution in [0, 0.1) is 6.92 Å². The number of rotatable bonds is 3. The molecule has 2 aromatic rings. The Kier molecular flexibility index (Phi) is 6.09. The lowest BCUT2D eigenvalue weighted by atomic mass is 9.93. The van der Waals surface area contributed by atoms with Crippen LogP contribution in [0.15, 0.2) is 27.7 Å². The summed E-state index contributed by atoms with van der Waals surface area (Å²) < 4.78 is 5.68. The number of halogens is 2. The first-order valence-electron chi connectivity index (χ1n) is 8.58. The molecule has 1 aromatic carbocycles. The third-order valence-corrected chi connectivity index (χ3v) is 4.85. The molecule has 1 aliphatic rings. The number of hydrogen-bond acceptors (Lipinski definition) is 5. The molecule has 0 saturated carbocycles. The van der Waals surface area contributed by atoms with Gasteiger partial charge < -0.3 is 10.2 Å². The standard InChI is InChI=1S/C18H17Cl2N5O4/c1-8-14-12(22-25-18(21)28)3-2-4-13(14)29-15(8)17(27)24-23-16(26)10-6-5-9(19)7-11(10)20/h5-7H,2-4H2,1H3,(H,23,26)(H,24,27)(H3,21,25,28)/b22-12+. The van der Waals surface area contributed by atoms with E-state index in [1.165, 1.54) is 18.2 Å². The fourth-order valence-electron chi connectivity index (χ4n) is 3.03. The van der Waals surface area contributed by atoms with Crippen molar-refractivity contribution in [2.24, 2.45) is 10.8 Å². The Morgan fingerprint density at radius 3 is 2.55 bits per heavy atom. The number of nitrogens with one attached hydrogen (secondary N) is 3. The SMILES string of the molecule is Cc1c(C(=O)NNC(=O)c2ccc(Cl)cc2Cl)oc2c1/C(=N/NC(N)=O)CCC2. The van der Waals surface area contributed by atoms with Gasteiger partial charge in [-0.3, -0.25) is 20.4 Å². The summed E-state index contributed by atoms with van der Waals surface area (Å²) in [5, 5.41) is 4.53. The first kappa shape index (κ1) is 20.7. The number of primary amides is 1. The smallest absolute Gasteiger partial charge is 0.332 e. The number of urea groups is 1. The summed E-state index contributed by atoms with van der Waals surface area (Å²) in [6.07, 6.45) is 1.96. The summed E-state index contributed by atoms with van der Waals surface area (Å²) in [5.41, 5.74) is 13.8. The number of fused-ring (bicyclic) bond motifs is 1. The number of hydrazine groups is 1. The lowest BCUT2D eigenvalue weighted by Gasteiger charge is -2.13. The fourth-order valence-corrected chi connectivity index (χ4v) is 3.52. The van der Waals surface area contributed by atoms with Crippen LogP contribution in [0.2, 0.25) is 10.0 Å². The molecule has 0 atom stereocenters. The summed E-state index contributed by atoms with van der Waals surface area (Å²) in [5.74, 6) is -0.637. The number of benzene rings is 1. The summed E-state index contributed by atoms with van der Waals surface area (Å²) >= 11 is 11.8. The van der Waals surface area contributed by atoms with Crippen LogP contribution in [0.3, 0.4) is 0 Å². The van der Waals surface area contributed by atoms with E-state index in [0.717, 1.165) is 6.42 Å². The first-order chi connectivity index (χ1) is 13.8. The summed E-state index contributed by atoms with van der Waals surface area (Å²) in [6, 6.07) is 3.59. The average molecular weight is 438 g/mol. The molecule has 29 heavy (non-hydrogen) atoms. The molecule has 0 bridgehead atoms. The number of hydrazone groups is 1. The van der Waals surface area contributed by atoms with Crippen LogP contribution < -0.4 is 22.0 Å². The van der Waals surface area contributed by atoms with Crippen LogP contribution in [0.25, 0.3) is 0 Å². The van der Waals surface area contributed by atoms with Gasteiger partial charge in [0.1, 0.15) is 5.76 Å². The molecule has 1 aliphatic carbocycles. The van der Waals surface area contributed by atoms with Crippen molar-refractivity contribution in [3.63, 3.8) is 0 Å². The zero-order chi connectivity index (χ0) is 21.1. The van der Waals surface area contributed by atoms with E-state index in [1.54, 1.807) is 6.92 Å². The van der Waals surface area contributed by atoms with Gasteiger partial charge in [0.05, 0.1) is 16.3 Å². The van der Waals surface area contributed by atoms with E-state index < -0.39 is 17.8 Å². The molecule has 0 radical (unpaired) electrons. The van der Waals surface area contributed by atoms with E-state index in [1.807, 2.05) is 0 Å². The Balaban J connectivity index is 1.76. The van der Waals surface area contributed by atoms with Gasteiger partial charge in [0.2, 0.25) is 0 Å². The maximum atomic E-state index is 12.5. The van der Waals surface area contributed by atoms with Crippen molar-refractivity contribution in [2.45, 2.75) is 26.2 Å². The number of hydrogen-bond donors (Lipinski definition) is 4. The monoisotopic (exact) mass is 437 g/mol. The normalized spacial score (nSPS) is 14.2. The molecule has 9 nitrogen and oxygen atoms in total. The van der Waals surface area contributed by atoms with E-state index in [-0.39, 0.29) is 16.3 Å². The molecule has 152 valence electrons. The van der Waals surface area contributed by atoms with Gasteiger partial charge in [-0.1, -0.05) is 23.2 Å². The van der Waals surface area contributed by atoms with Gasteiger partial charge >= 0.3 is 11.9 Å². The highest BCUT2D eigenvalue weighted by atomic mass is 35.5. The maximum Gasteiger partial charge on any atom is 0.332 e. The van der Waals surface area contributed by atoms with Crippen LogP contribution in [-0.2, 0) is 6.42 Å². The molecule has 5 N–H and O–H groups in total. The Labute approximate surface area is 175 Å². The van der Waals surface area contributed by atoms with Crippen LogP contribution in [0.1, 0.15) is 50.6 Å². The van der Waals surface area contributed by atoms with Crippen LogP contribution in [0.4, 0.5) is 4.79 Å². The molecule has 0 fully saturated rings. The molecule has 0 unspecified atom stereocenters. The highest BCUT2D eigenvalue weighted by molar-refractivity contribution is 6.36. The molecule has 4 amide bonds. The second-order valence-corrected chi connectivity index (χ2v) is 7.12. The zero-order valence-electron chi connectivity index (χ0n) is 15.3. The Bertz CT molecular complexity index is 1030. The maximum absolute atomic E-state index is 12.5. The third kappa shape index (κ3) is 4.52. The molecule has 0 saturated heterocycles. The Hall–Kier alpha value is -3.04. The van der Waals surface area contributed by atoms with Gasteiger partial charge in [0.15, 0.2) is 5.76 Å². The second kappa shape index (κ2) is 8.54. The number of carbonyl (C=O) groups is 3. The first-order valence-corrected chi connectivity index (χ1v) is 9.34. The summed E-state index contributed by atoms with van der Waals surface area (Å²) in [4.78, 5) is 35.7. The Morgan fingerprint density at radius 1 is 1.14 bits per heavy atom. The number of nitrogens with two attached hydrogens (primary N) is 1. The number of furan rings is 1. The zero-order valence-corrected chi connectivity index (χ0v) is 16.8. The number of amides is 4. The average Bonchev–Trinajstić information content (AvgIpc) is 3.01. The molecule has 1 aromatic heterocycles. The van der Waals surface area contributed by atoms with Crippen molar-refractivity contribution in [2.75, 3.05) is 0 Å². The van der Waals surface area contributed by atoms with E-state index in [0.29, 0.717) is 40.5 Å². The molecule has 11 heteroatoms. The predicted molar refractivity (Wildman–Crippen MR) is 107 cm³/mol. The predicted octanol–water partition coefficient (Wildman–Crippen LogP) is 2.68. The minimum Gasteiger partial charge on any atom is -0.455 e. The van der Waals surface area contributed by atoms with Crippen molar-refractivity contribution < 1.29 is 18.8 Å². The van der Waals surface area contributed by atoms with Crippen LogP contribution in [0.5, 0.6) is 0 Å². The topological polar surface area (TPSA) is 139 Å². The molecule has 1 heterocycles. The largest absolute Gasteiger partial charge is 0.455 e. The van der Waals surface area contributed by atoms with Crippen molar-refractivity contribution in [1.82, 2.24) is 16.3 Å². The van der Waals surface area contributed by atoms with Gasteiger partial charge in [0.25, 0.3) is 5.91 Å². The van der Waals surface area contributed by atoms with E-state index in [4.69, 9.17) is 33.4 Å². The van der Waals surface area contributed by atoms with Crippen LogP contribution >= 0.6 is 23.2 Å². The molecule has 0 aliphatic heterocycles. The summed E-state index contributed by atoms with van der Waals surface area (Å²) in [6.45, 7) is 1.69. The molecule has 0 spiro atoms. The van der Waals surface area contributed by atoms with Gasteiger partial charge in [-0.2, -0.15) is 5.10 Å². The van der Waals surface area contributed by atoms with Gasteiger partial charge in [0, 0.05) is 22.6 Å². The quantitative estimate of drug-likeness (QED) is 0.547. The molecular formula is C18H17Cl2N5O4. The third-order valence-electron chi connectivity index (χ3n) is 4.30. The van der Waals surface area contributed by atoms with Gasteiger partial charge in [-0.25, -0.2) is 10.2 Å². The van der Waals surface area contributed by atoms with Gasteiger partial charge in [-0.15, -0.1) is 0 Å². The van der Waals surface area contributed by atoms with Gasteiger partial charge in [-0.05, 0) is 38.0 Å². The Morgan fingerprint density at radius 2 is 1.86 bits per heavy atom.